The highest BCUT2D eigenvalue weighted by Crippen LogP contribution is 2.47. The monoisotopic (exact) mass is 287 g/mol. The van der Waals surface area contributed by atoms with E-state index in [4.69, 9.17) is 16.3 Å². The maximum Gasteiger partial charge on any atom is 0.0974 e. The third kappa shape index (κ3) is 2.10. The van der Waals surface area contributed by atoms with Gasteiger partial charge in [0.25, 0.3) is 0 Å². The molecule has 2 aliphatic heterocycles. The smallest absolute Gasteiger partial charge is 0.0974 e. The van der Waals surface area contributed by atoms with E-state index in [9.17, 15) is 5.11 Å². The largest absolute Gasteiger partial charge is 0.394 e. The first-order valence-electron chi connectivity index (χ1n) is 6.44. The minimum atomic E-state index is -0.241. The highest BCUT2D eigenvalue weighted by Gasteiger charge is 2.44. The third-order valence-electron chi connectivity index (χ3n) is 3.94. The van der Waals surface area contributed by atoms with Crippen molar-refractivity contribution >= 4 is 22.9 Å². The van der Waals surface area contributed by atoms with Gasteiger partial charge in [-0.3, -0.25) is 0 Å². The van der Waals surface area contributed by atoms with Crippen molar-refractivity contribution in [1.82, 2.24) is 5.32 Å². The van der Waals surface area contributed by atoms with E-state index in [1.807, 2.05) is 0 Å². The Hall–Kier alpha value is -0.130. The SMILES string of the molecule is C[C@H]1CC2(CCN1)OC(CO)Cc1sc(Cl)cc12. The summed E-state index contributed by atoms with van der Waals surface area (Å²) < 4.78 is 7.06. The van der Waals surface area contributed by atoms with Crippen LogP contribution in [-0.4, -0.2) is 30.4 Å². The maximum absolute atomic E-state index is 9.43. The lowest BCUT2D eigenvalue weighted by atomic mass is 9.79. The topological polar surface area (TPSA) is 41.5 Å². The fourth-order valence-electron chi connectivity index (χ4n) is 3.21. The second-order valence-electron chi connectivity index (χ2n) is 5.32. The van der Waals surface area contributed by atoms with E-state index >= 15 is 0 Å². The Labute approximate surface area is 116 Å². The van der Waals surface area contributed by atoms with Crippen LogP contribution < -0.4 is 5.32 Å². The van der Waals surface area contributed by atoms with Crippen molar-refractivity contribution < 1.29 is 9.84 Å². The minimum absolute atomic E-state index is 0.0819. The van der Waals surface area contributed by atoms with Crippen LogP contribution in [0.4, 0.5) is 0 Å². The lowest BCUT2D eigenvalue weighted by Gasteiger charge is -2.45. The van der Waals surface area contributed by atoms with Gasteiger partial charge in [0.1, 0.15) is 0 Å². The molecule has 3 atom stereocenters. The van der Waals surface area contributed by atoms with Gasteiger partial charge in [0.2, 0.25) is 0 Å². The van der Waals surface area contributed by atoms with Crippen molar-refractivity contribution in [3.63, 3.8) is 0 Å². The lowest BCUT2D eigenvalue weighted by Crippen LogP contribution is -2.50. The fourth-order valence-corrected chi connectivity index (χ4v) is 4.63. The summed E-state index contributed by atoms with van der Waals surface area (Å²) >= 11 is 7.80. The molecule has 1 saturated heterocycles. The highest BCUT2D eigenvalue weighted by atomic mass is 35.5. The van der Waals surface area contributed by atoms with E-state index in [0.717, 1.165) is 30.1 Å². The Bertz CT molecular complexity index is 450. The minimum Gasteiger partial charge on any atom is -0.394 e. The van der Waals surface area contributed by atoms with Gasteiger partial charge < -0.3 is 15.2 Å². The molecule has 100 valence electrons. The Kier molecular flexibility index (Phi) is 3.41. The van der Waals surface area contributed by atoms with Crippen LogP contribution in [0.2, 0.25) is 4.34 Å². The van der Waals surface area contributed by atoms with Crippen LogP contribution >= 0.6 is 22.9 Å². The second-order valence-corrected chi connectivity index (χ2v) is 7.09. The molecule has 2 N–H and O–H groups in total. The molecule has 0 radical (unpaired) electrons. The zero-order valence-corrected chi connectivity index (χ0v) is 12.0. The van der Waals surface area contributed by atoms with E-state index in [1.165, 1.54) is 10.4 Å². The molecule has 5 heteroatoms. The first kappa shape index (κ1) is 12.9. The zero-order valence-electron chi connectivity index (χ0n) is 10.4. The molecule has 3 rings (SSSR count). The van der Waals surface area contributed by atoms with Gasteiger partial charge in [-0.1, -0.05) is 11.6 Å². The van der Waals surface area contributed by atoms with E-state index in [1.54, 1.807) is 11.3 Å². The number of piperidine rings is 1. The predicted octanol–water partition coefficient (Wildman–Crippen LogP) is 2.30. The van der Waals surface area contributed by atoms with Gasteiger partial charge in [0.15, 0.2) is 0 Å². The summed E-state index contributed by atoms with van der Waals surface area (Å²) in [4.78, 5) is 1.29. The van der Waals surface area contributed by atoms with Crippen LogP contribution in [0.25, 0.3) is 0 Å². The van der Waals surface area contributed by atoms with Crippen molar-refractivity contribution in [2.75, 3.05) is 13.2 Å². The average Bonchev–Trinajstić information content (AvgIpc) is 2.70. The average molecular weight is 288 g/mol. The molecule has 1 aromatic rings. The molecular formula is C13H18ClNO2S. The van der Waals surface area contributed by atoms with Gasteiger partial charge in [-0.15, -0.1) is 11.3 Å². The van der Waals surface area contributed by atoms with Gasteiger partial charge >= 0.3 is 0 Å². The molecule has 1 fully saturated rings. The van der Waals surface area contributed by atoms with Crippen molar-refractivity contribution in [3.05, 3.63) is 20.8 Å². The number of nitrogens with one attached hydrogen (secondary N) is 1. The zero-order chi connectivity index (χ0) is 12.8. The number of halogens is 1. The molecular weight excluding hydrogens is 270 g/mol. The second kappa shape index (κ2) is 4.76. The molecule has 0 aromatic carbocycles. The Morgan fingerprint density at radius 1 is 1.67 bits per heavy atom. The molecule has 0 bridgehead atoms. The molecule has 18 heavy (non-hydrogen) atoms. The van der Waals surface area contributed by atoms with Gasteiger partial charge in [-0.2, -0.15) is 0 Å². The van der Waals surface area contributed by atoms with Gasteiger partial charge in [-0.05, 0) is 37.9 Å². The summed E-state index contributed by atoms with van der Waals surface area (Å²) in [6, 6.07) is 2.50. The number of thiophene rings is 1. The van der Waals surface area contributed by atoms with Crippen LogP contribution in [-0.2, 0) is 16.8 Å². The molecule has 3 heterocycles. The normalized spacial score (nSPS) is 35.7. The van der Waals surface area contributed by atoms with Crippen LogP contribution in [0.1, 0.15) is 30.2 Å². The number of ether oxygens (including phenoxy) is 1. The summed E-state index contributed by atoms with van der Waals surface area (Å²) in [7, 11) is 0. The molecule has 1 aromatic heterocycles. The summed E-state index contributed by atoms with van der Waals surface area (Å²) in [5.41, 5.74) is 1.02. The van der Waals surface area contributed by atoms with Gasteiger partial charge in [-0.25, -0.2) is 0 Å². The van der Waals surface area contributed by atoms with Gasteiger partial charge in [0, 0.05) is 17.3 Å². The number of fused-ring (bicyclic) bond motifs is 2. The Balaban J connectivity index is 2.01. The Morgan fingerprint density at radius 3 is 3.22 bits per heavy atom. The number of aliphatic hydroxyl groups is 1. The lowest BCUT2D eigenvalue weighted by molar-refractivity contribution is -0.144. The van der Waals surface area contributed by atoms with Crippen molar-refractivity contribution in [3.8, 4) is 0 Å². The molecule has 0 saturated carbocycles. The van der Waals surface area contributed by atoms with E-state index in [0.29, 0.717) is 6.04 Å². The molecule has 3 nitrogen and oxygen atoms in total. The van der Waals surface area contributed by atoms with Crippen molar-refractivity contribution in [2.24, 2.45) is 0 Å². The molecule has 1 spiro atoms. The van der Waals surface area contributed by atoms with Crippen LogP contribution in [0.3, 0.4) is 0 Å². The third-order valence-corrected chi connectivity index (χ3v) is 5.22. The molecule has 0 amide bonds. The fraction of sp³-hybridized carbons (Fsp3) is 0.692. The summed E-state index contributed by atoms with van der Waals surface area (Å²) in [5.74, 6) is 0. The standard InChI is InChI=1S/C13H18ClNO2S/c1-8-6-13(2-3-15-8)10-5-12(14)18-11(10)4-9(7-16)17-13/h5,8-9,15-16H,2-4,6-7H2,1H3/t8-,9?,13?/m0/s1. The first-order chi connectivity index (χ1) is 8.63. The van der Waals surface area contributed by atoms with Crippen LogP contribution in [0.5, 0.6) is 0 Å². The van der Waals surface area contributed by atoms with Crippen molar-refractivity contribution in [2.45, 2.75) is 43.9 Å². The van der Waals surface area contributed by atoms with Crippen molar-refractivity contribution in [1.29, 1.82) is 0 Å². The summed E-state index contributed by atoms with van der Waals surface area (Å²) in [6.45, 7) is 3.21. The summed E-state index contributed by atoms with van der Waals surface area (Å²) in [6.07, 6.45) is 2.60. The number of hydrogen-bond donors (Lipinski definition) is 2. The number of aliphatic hydroxyl groups excluding tert-OH is 1. The van der Waals surface area contributed by atoms with Crippen LogP contribution in [0.15, 0.2) is 6.07 Å². The summed E-state index contributed by atoms with van der Waals surface area (Å²) in [5, 5.41) is 12.9. The predicted molar refractivity (Wildman–Crippen MR) is 73.4 cm³/mol. The number of hydrogen-bond acceptors (Lipinski definition) is 4. The maximum atomic E-state index is 9.43. The quantitative estimate of drug-likeness (QED) is 0.833. The molecule has 2 unspecified atom stereocenters. The first-order valence-corrected chi connectivity index (χ1v) is 7.63. The van der Waals surface area contributed by atoms with E-state index in [2.05, 4.69) is 18.3 Å². The van der Waals surface area contributed by atoms with Crippen LogP contribution in [0, 0.1) is 0 Å². The van der Waals surface area contributed by atoms with E-state index in [-0.39, 0.29) is 18.3 Å². The van der Waals surface area contributed by atoms with E-state index < -0.39 is 0 Å². The van der Waals surface area contributed by atoms with Gasteiger partial charge in [0.05, 0.1) is 22.6 Å². The molecule has 0 aliphatic carbocycles. The molecule has 2 aliphatic rings. The Morgan fingerprint density at radius 2 is 2.50 bits per heavy atom. The highest BCUT2D eigenvalue weighted by molar-refractivity contribution is 7.16. The number of rotatable bonds is 1.